The number of likely N-dealkylation sites (tertiary alicyclic amines) is 1. The van der Waals surface area contributed by atoms with Gasteiger partial charge in [0, 0.05) is 30.7 Å². The van der Waals surface area contributed by atoms with Gasteiger partial charge in [-0.15, -0.1) is 0 Å². The van der Waals surface area contributed by atoms with Gasteiger partial charge in [-0.05, 0) is 31.7 Å². The lowest BCUT2D eigenvalue weighted by Gasteiger charge is -2.32. The van der Waals surface area contributed by atoms with Crippen LogP contribution in [-0.4, -0.2) is 49.5 Å². The quantitative estimate of drug-likeness (QED) is 0.792. The molecular formula is C18H23N5O3. The van der Waals surface area contributed by atoms with Crippen LogP contribution < -0.4 is 10.3 Å². The van der Waals surface area contributed by atoms with E-state index in [4.69, 9.17) is 4.74 Å². The van der Waals surface area contributed by atoms with Crippen LogP contribution in [0.3, 0.4) is 0 Å². The topological polar surface area (TPSA) is 90.2 Å². The maximum atomic E-state index is 12.5. The first-order chi connectivity index (χ1) is 12.5. The fraction of sp³-hybridized carbons (Fsp3) is 0.500. The minimum atomic E-state index is -0.222. The number of aryl methyl sites for hydroxylation is 2. The highest BCUT2D eigenvalue weighted by Gasteiger charge is 2.25. The standard InChI is InChI=1S/C18H23N5O3/c1-3-14-8-19-18(20-9-14)26-15-5-4-6-22(10-15)17(25)11-23-12-21-13(2)7-16(23)24/h7-9,12,15H,3-6,10-11H2,1-2H3. The van der Waals surface area contributed by atoms with E-state index in [1.54, 1.807) is 24.2 Å². The number of carbonyl (C=O) groups is 1. The summed E-state index contributed by atoms with van der Waals surface area (Å²) in [4.78, 5) is 38.7. The van der Waals surface area contributed by atoms with Crippen molar-refractivity contribution in [3.8, 4) is 6.01 Å². The predicted molar refractivity (Wildman–Crippen MR) is 94.9 cm³/mol. The van der Waals surface area contributed by atoms with Crippen molar-refractivity contribution in [1.29, 1.82) is 0 Å². The first-order valence-electron chi connectivity index (χ1n) is 8.83. The third-order valence-electron chi connectivity index (χ3n) is 4.41. The number of amides is 1. The Balaban J connectivity index is 1.60. The van der Waals surface area contributed by atoms with Crippen LogP contribution in [0.25, 0.3) is 0 Å². The molecule has 138 valence electrons. The van der Waals surface area contributed by atoms with Crippen molar-refractivity contribution in [2.75, 3.05) is 13.1 Å². The highest BCUT2D eigenvalue weighted by atomic mass is 16.5. The van der Waals surface area contributed by atoms with Crippen LogP contribution in [0.5, 0.6) is 6.01 Å². The summed E-state index contributed by atoms with van der Waals surface area (Å²) in [6.45, 7) is 4.89. The van der Waals surface area contributed by atoms with Crippen molar-refractivity contribution in [2.45, 2.75) is 45.8 Å². The van der Waals surface area contributed by atoms with Gasteiger partial charge in [0.05, 0.1) is 12.9 Å². The van der Waals surface area contributed by atoms with E-state index < -0.39 is 0 Å². The molecule has 26 heavy (non-hydrogen) atoms. The number of rotatable bonds is 5. The number of hydrogen-bond donors (Lipinski definition) is 0. The Morgan fingerprint density at radius 3 is 2.77 bits per heavy atom. The lowest BCUT2D eigenvalue weighted by molar-refractivity contribution is -0.134. The van der Waals surface area contributed by atoms with Gasteiger partial charge in [-0.3, -0.25) is 14.2 Å². The van der Waals surface area contributed by atoms with Crippen molar-refractivity contribution in [3.05, 3.63) is 46.4 Å². The molecule has 1 amide bonds. The van der Waals surface area contributed by atoms with Gasteiger partial charge in [-0.2, -0.15) is 0 Å². The predicted octanol–water partition coefficient (Wildman–Crippen LogP) is 0.974. The van der Waals surface area contributed by atoms with Crippen LogP contribution in [0.4, 0.5) is 0 Å². The smallest absolute Gasteiger partial charge is 0.316 e. The molecule has 2 aromatic heterocycles. The molecule has 1 saturated heterocycles. The maximum absolute atomic E-state index is 12.5. The molecule has 1 unspecified atom stereocenters. The highest BCUT2D eigenvalue weighted by molar-refractivity contribution is 5.76. The molecule has 0 radical (unpaired) electrons. The first-order valence-corrected chi connectivity index (χ1v) is 8.83. The van der Waals surface area contributed by atoms with Gasteiger partial charge in [0.2, 0.25) is 5.91 Å². The Morgan fingerprint density at radius 2 is 2.08 bits per heavy atom. The Hall–Kier alpha value is -2.77. The minimum absolute atomic E-state index is 0.0134. The molecule has 3 heterocycles. The average molecular weight is 357 g/mol. The number of nitrogens with zero attached hydrogens (tertiary/aromatic N) is 5. The van der Waals surface area contributed by atoms with E-state index in [-0.39, 0.29) is 24.1 Å². The van der Waals surface area contributed by atoms with Gasteiger partial charge >= 0.3 is 6.01 Å². The van der Waals surface area contributed by atoms with Crippen LogP contribution in [0.2, 0.25) is 0 Å². The zero-order chi connectivity index (χ0) is 18.5. The normalized spacial score (nSPS) is 17.2. The molecule has 1 atom stereocenters. The van der Waals surface area contributed by atoms with E-state index >= 15 is 0 Å². The molecule has 0 bridgehead atoms. The second kappa shape index (κ2) is 8.07. The third-order valence-corrected chi connectivity index (χ3v) is 4.41. The Kier molecular flexibility index (Phi) is 5.60. The largest absolute Gasteiger partial charge is 0.458 e. The van der Waals surface area contributed by atoms with E-state index in [1.807, 2.05) is 6.92 Å². The van der Waals surface area contributed by atoms with Crippen LogP contribution >= 0.6 is 0 Å². The van der Waals surface area contributed by atoms with E-state index in [0.717, 1.165) is 24.8 Å². The molecule has 3 rings (SSSR count). The minimum Gasteiger partial charge on any atom is -0.458 e. The fourth-order valence-electron chi connectivity index (χ4n) is 2.88. The van der Waals surface area contributed by atoms with Crippen LogP contribution in [0.15, 0.2) is 29.6 Å². The van der Waals surface area contributed by atoms with Gasteiger partial charge < -0.3 is 9.64 Å². The Labute approximate surface area is 151 Å². The van der Waals surface area contributed by atoms with Gasteiger partial charge in [-0.25, -0.2) is 15.0 Å². The van der Waals surface area contributed by atoms with Gasteiger partial charge in [-0.1, -0.05) is 6.92 Å². The summed E-state index contributed by atoms with van der Waals surface area (Å²) in [5.74, 6) is -0.117. The monoisotopic (exact) mass is 357 g/mol. The third kappa shape index (κ3) is 4.44. The van der Waals surface area contributed by atoms with E-state index in [9.17, 15) is 9.59 Å². The van der Waals surface area contributed by atoms with Gasteiger partial charge in [0.1, 0.15) is 12.6 Å². The number of aromatic nitrogens is 4. The highest BCUT2D eigenvalue weighted by Crippen LogP contribution is 2.16. The second-order valence-electron chi connectivity index (χ2n) is 6.45. The molecular weight excluding hydrogens is 334 g/mol. The molecule has 0 aliphatic carbocycles. The number of piperidine rings is 1. The molecule has 2 aromatic rings. The maximum Gasteiger partial charge on any atom is 0.316 e. The van der Waals surface area contributed by atoms with Crippen molar-refractivity contribution >= 4 is 5.91 Å². The number of ether oxygens (including phenoxy) is 1. The second-order valence-corrected chi connectivity index (χ2v) is 6.45. The Morgan fingerprint density at radius 1 is 1.31 bits per heavy atom. The number of carbonyl (C=O) groups excluding carboxylic acids is 1. The summed E-state index contributed by atoms with van der Waals surface area (Å²) in [5.41, 5.74) is 1.47. The van der Waals surface area contributed by atoms with Crippen molar-refractivity contribution in [3.63, 3.8) is 0 Å². The number of hydrogen-bond acceptors (Lipinski definition) is 6. The summed E-state index contributed by atoms with van der Waals surface area (Å²) in [6.07, 6.45) is 7.33. The molecule has 8 nitrogen and oxygen atoms in total. The summed E-state index contributed by atoms with van der Waals surface area (Å²) in [7, 11) is 0. The fourth-order valence-corrected chi connectivity index (χ4v) is 2.88. The molecule has 8 heteroatoms. The molecule has 0 saturated carbocycles. The molecule has 1 aliphatic heterocycles. The molecule has 1 fully saturated rings. The summed E-state index contributed by atoms with van der Waals surface area (Å²) >= 11 is 0. The van der Waals surface area contributed by atoms with Crippen LogP contribution in [-0.2, 0) is 17.8 Å². The van der Waals surface area contributed by atoms with Crippen molar-refractivity contribution in [1.82, 2.24) is 24.4 Å². The molecule has 0 N–H and O–H groups in total. The van der Waals surface area contributed by atoms with Gasteiger partial charge in [0.25, 0.3) is 5.56 Å². The first kappa shape index (κ1) is 18.0. The summed E-state index contributed by atoms with van der Waals surface area (Å²) < 4.78 is 7.15. The van der Waals surface area contributed by atoms with E-state index in [1.165, 1.54) is 17.0 Å². The SMILES string of the molecule is CCc1cnc(OC2CCCN(C(=O)Cn3cnc(C)cc3=O)C2)nc1. The lowest BCUT2D eigenvalue weighted by Crippen LogP contribution is -2.46. The Bertz CT molecular complexity index is 818. The lowest BCUT2D eigenvalue weighted by atomic mass is 10.1. The zero-order valence-electron chi connectivity index (χ0n) is 15.1. The average Bonchev–Trinajstić information content (AvgIpc) is 2.65. The van der Waals surface area contributed by atoms with Crippen LogP contribution in [0, 0.1) is 6.92 Å². The summed E-state index contributed by atoms with van der Waals surface area (Å²) in [6, 6.07) is 1.76. The van der Waals surface area contributed by atoms with Gasteiger partial charge in [0.15, 0.2) is 0 Å². The van der Waals surface area contributed by atoms with E-state index in [2.05, 4.69) is 15.0 Å². The molecule has 0 spiro atoms. The summed E-state index contributed by atoms with van der Waals surface area (Å²) in [5, 5.41) is 0. The van der Waals surface area contributed by atoms with Crippen molar-refractivity contribution in [2.24, 2.45) is 0 Å². The molecule has 0 aromatic carbocycles. The molecule has 1 aliphatic rings. The zero-order valence-corrected chi connectivity index (χ0v) is 15.1. The van der Waals surface area contributed by atoms with Crippen LogP contribution in [0.1, 0.15) is 31.0 Å². The van der Waals surface area contributed by atoms with E-state index in [0.29, 0.717) is 24.8 Å². The van der Waals surface area contributed by atoms with Crippen molar-refractivity contribution < 1.29 is 9.53 Å².